The normalized spacial score (nSPS) is 16.3. The molecule has 36 heavy (non-hydrogen) atoms. The van der Waals surface area contributed by atoms with Crippen molar-refractivity contribution in [2.75, 3.05) is 37.4 Å². The molecule has 1 aliphatic rings. The number of esters is 1. The van der Waals surface area contributed by atoms with Gasteiger partial charge in [0, 0.05) is 24.0 Å². The molecule has 2 heterocycles. The van der Waals surface area contributed by atoms with Crippen LogP contribution in [-0.2, 0) is 14.3 Å². The van der Waals surface area contributed by atoms with Crippen LogP contribution >= 0.6 is 0 Å². The summed E-state index contributed by atoms with van der Waals surface area (Å²) in [6, 6.07) is 13.4. The summed E-state index contributed by atoms with van der Waals surface area (Å²) in [6.45, 7) is 7.30. The number of nitrogens with one attached hydrogen (secondary N) is 2. The van der Waals surface area contributed by atoms with Gasteiger partial charge in [-0.15, -0.1) is 0 Å². The molecular weight excluding hydrogens is 458 g/mol. The third-order valence-corrected chi connectivity index (χ3v) is 6.31. The van der Waals surface area contributed by atoms with Crippen molar-refractivity contribution in [3.8, 4) is 5.75 Å². The topological polar surface area (TPSA) is 106 Å². The summed E-state index contributed by atoms with van der Waals surface area (Å²) >= 11 is 0. The SMILES string of the molecule is C=CC(=O)Nc1cc2c(N[C@H](C)c3ccccc3)ncnc2cc1OCCN1CCC[C@@H]1C(=O)OC. The molecule has 9 nitrogen and oxygen atoms in total. The monoisotopic (exact) mass is 489 g/mol. The summed E-state index contributed by atoms with van der Waals surface area (Å²) in [5, 5.41) is 7.01. The molecule has 0 spiro atoms. The van der Waals surface area contributed by atoms with E-state index in [1.807, 2.05) is 30.3 Å². The second-order valence-electron chi connectivity index (χ2n) is 8.62. The number of nitrogens with zero attached hydrogens (tertiary/aromatic N) is 3. The fraction of sp³-hybridized carbons (Fsp3) is 0.333. The van der Waals surface area contributed by atoms with E-state index in [2.05, 4.69) is 39.0 Å². The molecule has 1 aromatic heterocycles. The van der Waals surface area contributed by atoms with Crippen LogP contribution in [-0.4, -0.2) is 59.6 Å². The number of amides is 1. The maximum absolute atomic E-state index is 12.2. The van der Waals surface area contributed by atoms with Crippen molar-refractivity contribution in [2.24, 2.45) is 0 Å². The van der Waals surface area contributed by atoms with E-state index in [4.69, 9.17) is 9.47 Å². The maximum atomic E-state index is 12.2. The Morgan fingerprint density at radius 2 is 2.06 bits per heavy atom. The molecular formula is C27H31N5O4. The fourth-order valence-electron chi connectivity index (χ4n) is 4.40. The molecule has 0 radical (unpaired) electrons. The van der Waals surface area contributed by atoms with Crippen molar-refractivity contribution in [1.29, 1.82) is 0 Å². The third-order valence-electron chi connectivity index (χ3n) is 6.31. The Hall–Kier alpha value is -3.98. The molecule has 0 bridgehead atoms. The van der Waals surface area contributed by atoms with E-state index in [0.717, 1.165) is 30.3 Å². The highest BCUT2D eigenvalue weighted by atomic mass is 16.5. The molecule has 0 saturated carbocycles. The van der Waals surface area contributed by atoms with Crippen LogP contribution in [0.5, 0.6) is 5.75 Å². The Balaban J connectivity index is 1.57. The molecule has 1 aliphatic heterocycles. The number of hydrogen-bond donors (Lipinski definition) is 2. The third kappa shape index (κ3) is 5.80. The number of ether oxygens (including phenoxy) is 2. The van der Waals surface area contributed by atoms with Gasteiger partial charge >= 0.3 is 5.97 Å². The van der Waals surface area contributed by atoms with Gasteiger partial charge in [-0.2, -0.15) is 0 Å². The van der Waals surface area contributed by atoms with Gasteiger partial charge < -0.3 is 20.1 Å². The van der Waals surface area contributed by atoms with Crippen molar-refractivity contribution in [2.45, 2.75) is 31.8 Å². The lowest BCUT2D eigenvalue weighted by molar-refractivity contribution is -0.145. The van der Waals surface area contributed by atoms with Crippen molar-refractivity contribution < 1.29 is 19.1 Å². The van der Waals surface area contributed by atoms with Gasteiger partial charge in [0.15, 0.2) is 0 Å². The molecule has 4 rings (SSSR count). The zero-order valence-electron chi connectivity index (χ0n) is 20.6. The Kier molecular flexibility index (Phi) is 8.12. The van der Waals surface area contributed by atoms with Gasteiger partial charge in [-0.1, -0.05) is 36.9 Å². The van der Waals surface area contributed by atoms with Crippen molar-refractivity contribution in [3.63, 3.8) is 0 Å². The number of rotatable bonds is 10. The minimum Gasteiger partial charge on any atom is -0.490 e. The maximum Gasteiger partial charge on any atom is 0.323 e. The summed E-state index contributed by atoms with van der Waals surface area (Å²) in [7, 11) is 1.41. The smallest absolute Gasteiger partial charge is 0.323 e. The summed E-state index contributed by atoms with van der Waals surface area (Å²) in [4.78, 5) is 35.1. The van der Waals surface area contributed by atoms with Gasteiger partial charge in [-0.3, -0.25) is 14.5 Å². The van der Waals surface area contributed by atoms with E-state index in [1.54, 1.807) is 12.1 Å². The van der Waals surface area contributed by atoms with Crippen molar-refractivity contribution in [3.05, 3.63) is 67.0 Å². The second kappa shape index (κ2) is 11.6. The number of hydrogen-bond acceptors (Lipinski definition) is 8. The predicted molar refractivity (Wildman–Crippen MR) is 139 cm³/mol. The number of methoxy groups -OCH3 is 1. The van der Waals surface area contributed by atoms with Crippen LogP contribution < -0.4 is 15.4 Å². The highest BCUT2D eigenvalue weighted by molar-refractivity contribution is 6.03. The van der Waals surface area contributed by atoms with Crippen molar-refractivity contribution >= 4 is 34.3 Å². The fourth-order valence-corrected chi connectivity index (χ4v) is 4.40. The first-order valence-electron chi connectivity index (χ1n) is 12.0. The van der Waals surface area contributed by atoms with Crippen LogP contribution in [0.1, 0.15) is 31.4 Å². The minimum absolute atomic E-state index is 0.00894. The first kappa shape index (κ1) is 25.1. The lowest BCUT2D eigenvalue weighted by Gasteiger charge is -2.23. The van der Waals surface area contributed by atoms with Crippen LogP contribution in [0, 0.1) is 0 Å². The van der Waals surface area contributed by atoms with Gasteiger partial charge in [-0.05, 0) is 44.0 Å². The van der Waals surface area contributed by atoms with Crippen LogP contribution in [0.4, 0.5) is 11.5 Å². The van der Waals surface area contributed by atoms with E-state index in [-0.39, 0.29) is 24.0 Å². The van der Waals surface area contributed by atoms with Crippen LogP contribution in [0.15, 0.2) is 61.4 Å². The zero-order valence-corrected chi connectivity index (χ0v) is 20.6. The Morgan fingerprint density at radius 3 is 2.81 bits per heavy atom. The van der Waals surface area contributed by atoms with E-state index in [1.165, 1.54) is 19.5 Å². The first-order chi connectivity index (χ1) is 17.5. The van der Waals surface area contributed by atoms with Crippen LogP contribution in [0.25, 0.3) is 10.9 Å². The summed E-state index contributed by atoms with van der Waals surface area (Å²) in [6.07, 6.45) is 4.42. The number of benzene rings is 2. The number of likely N-dealkylation sites (tertiary alicyclic amines) is 1. The summed E-state index contributed by atoms with van der Waals surface area (Å²) in [5.74, 6) is 0.550. The van der Waals surface area contributed by atoms with Gasteiger partial charge in [0.05, 0.1) is 18.3 Å². The molecule has 3 aromatic rings. The summed E-state index contributed by atoms with van der Waals surface area (Å²) in [5.41, 5.74) is 2.29. The van der Waals surface area contributed by atoms with Gasteiger partial charge in [0.1, 0.15) is 30.5 Å². The average molecular weight is 490 g/mol. The number of carbonyl (C=O) groups is 2. The second-order valence-corrected chi connectivity index (χ2v) is 8.62. The first-order valence-corrected chi connectivity index (χ1v) is 12.0. The molecule has 9 heteroatoms. The number of carbonyl (C=O) groups excluding carboxylic acids is 2. The molecule has 2 atom stereocenters. The van der Waals surface area contributed by atoms with Gasteiger partial charge in [-0.25, -0.2) is 9.97 Å². The van der Waals surface area contributed by atoms with E-state index < -0.39 is 0 Å². The Labute approximate surface area is 210 Å². The lowest BCUT2D eigenvalue weighted by Crippen LogP contribution is -2.39. The molecule has 188 valence electrons. The van der Waals surface area contributed by atoms with Crippen molar-refractivity contribution in [1.82, 2.24) is 14.9 Å². The standard InChI is InChI=1S/C27H31N5O4/c1-4-25(33)31-22-15-20-21(28-17-29-26(20)30-18(2)19-9-6-5-7-10-19)16-24(22)36-14-13-32-12-8-11-23(32)27(34)35-3/h4-7,9-10,15-18,23H,1,8,11-14H2,2-3H3,(H,31,33)(H,28,29,30)/t18-,23-/m1/s1. The number of fused-ring (bicyclic) bond motifs is 1. The highest BCUT2D eigenvalue weighted by Gasteiger charge is 2.31. The van der Waals surface area contributed by atoms with Crippen LogP contribution in [0.3, 0.4) is 0 Å². The van der Waals surface area contributed by atoms with Gasteiger partial charge in [0.2, 0.25) is 5.91 Å². The molecule has 2 N–H and O–H groups in total. The summed E-state index contributed by atoms with van der Waals surface area (Å²) < 4.78 is 11.0. The molecule has 2 aromatic carbocycles. The molecule has 0 aliphatic carbocycles. The van der Waals surface area contributed by atoms with E-state index >= 15 is 0 Å². The van der Waals surface area contributed by atoms with E-state index in [9.17, 15) is 9.59 Å². The lowest BCUT2D eigenvalue weighted by atomic mass is 10.1. The number of aromatic nitrogens is 2. The quantitative estimate of drug-likeness (QED) is 0.326. The zero-order chi connectivity index (χ0) is 25.5. The Bertz CT molecular complexity index is 1230. The molecule has 1 amide bonds. The average Bonchev–Trinajstić information content (AvgIpc) is 3.37. The van der Waals surface area contributed by atoms with E-state index in [0.29, 0.717) is 35.9 Å². The predicted octanol–water partition coefficient (Wildman–Crippen LogP) is 3.94. The highest BCUT2D eigenvalue weighted by Crippen LogP contribution is 2.33. The molecule has 1 saturated heterocycles. The molecule has 0 unspecified atom stereocenters. The molecule has 1 fully saturated rings. The number of anilines is 2. The largest absolute Gasteiger partial charge is 0.490 e. The minimum atomic E-state index is -0.353. The van der Waals surface area contributed by atoms with Gasteiger partial charge in [0.25, 0.3) is 0 Å². The Morgan fingerprint density at radius 1 is 1.25 bits per heavy atom. The van der Waals surface area contributed by atoms with Crippen LogP contribution in [0.2, 0.25) is 0 Å².